The Hall–Kier alpha value is -2.36. The normalized spacial score (nSPS) is 11.1. The molecule has 1 aromatic heterocycles. The van der Waals surface area contributed by atoms with Crippen molar-refractivity contribution in [2.75, 3.05) is 5.73 Å². The van der Waals surface area contributed by atoms with Gasteiger partial charge in [0.2, 0.25) is 5.89 Å². The predicted octanol–water partition coefficient (Wildman–Crippen LogP) is 3.83. The van der Waals surface area contributed by atoms with Crippen molar-refractivity contribution in [1.29, 1.82) is 0 Å². The Balaban J connectivity index is 2.24. The van der Waals surface area contributed by atoms with E-state index in [4.69, 9.17) is 10.2 Å². The van der Waals surface area contributed by atoms with Gasteiger partial charge in [-0.25, -0.2) is 9.37 Å². The van der Waals surface area contributed by atoms with E-state index in [-0.39, 0.29) is 5.82 Å². The average Bonchev–Trinajstić information content (AvgIpc) is 2.76. The van der Waals surface area contributed by atoms with E-state index in [9.17, 15) is 4.39 Å². The molecule has 0 unspecified atom stereocenters. The molecule has 96 valence electrons. The van der Waals surface area contributed by atoms with Crippen molar-refractivity contribution >= 4 is 16.8 Å². The van der Waals surface area contributed by atoms with E-state index >= 15 is 0 Å². The fourth-order valence-corrected chi connectivity index (χ4v) is 2.13. The first kappa shape index (κ1) is 11.7. The molecule has 0 aliphatic rings. The summed E-state index contributed by atoms with van der Waals surface area (Å²) in [6.07, 6.45) is 0. The van der Waals surface area contributed by atoms with Crippen molar-refractivity contribution in [3.63, 3.8) is 0 Å². The zero-order chi connectivity index (χ0) is 13.6. The lowest BCUT2D eigenvalue weighted by Crippen LogP contribution is -1.92. The predicted molar refractivity (Wildman–Crippen MR) is 73.3 cm³/mol. The van der Waals surface area contributed by atoms with Crippen molar-refractivity contribution in [1.82, 2.24) is 4.98 Å². The van der Waals surface area contributed by atoms with E-state index in [0.717, 1.165) is 16.7 Å². The highest BCUT2D eigenvalue weighted by atomic mass is 19.1. The molecule has 3 rings (SSSR count). The standard InChI is InChI=1S/C15H13FN2O/c1-8-5-11(17)7-12(9(8)2)15-18-13-6-10(16)3-4-14(13)19-15/h3-7H,17H2,1-2H3. The summed E-state index contributed by atoms with van der Waals surface area (Å²) in [4.78, 5) is 4.32. The summed E-state index contributed by atoms with van der Waals surface area (Å²) in [6, 6.07) is 8.02. The number of hydrogen-bond donors (Lipinski definition) is 1. The summed E-state index contributed by atoms with van der Waals surface area (Å²) in [6.45, 7) is 3.97. The molecule has 0 radical (unpaired) electrons. The lowest BCUT2D eigenvalue weighted by atomic mass is 10.0. The van der Waals surface area contributed by atoms with Crippen LogP contribution in [0.15, 0.2) is 34.7 Å². The smallest absolute Gasteiger partial charge is 0.227 e. The Morgan fingerprint density at radius 2 is 1.95 bits per heavy atom. The highest BCUT2D eigenvalue weighted by molar-refractivity contribution is 5.78. The molecule has 3 aromatic rings. The highest BCUT2D eigenvalue weighted by Crippen LogP contribution is 2.30. The van der Waals surface area contributed by atoms with Gasteiger partial charge < -0.3 is 10.2 Å². The first-order valence-corrected chi connectivity index (χ1v) is 5.98. The van der Waals surface area contributed by atoms with Crippen LogP contribution < -0.4 is 5.73 Å². The molecule has 0 fully saturated rings. The molecular weight excluding hydrogens is 243 g/mol. The van der Waals surface area contributed by atoms with Crippen molar-refractivity contribution < 1.29 is 8.81 Å². The van der Waals surface area contributed by atoms with Crippen LogP contribution in [0.1, 0.15) is 11.1 Å². The summed E-state index contributed by atoms with van der Waals surface area (Å²) in [5.41, 5.74) is 10.6. The van der Waals surface area contributed by atoms with E-state index < -0.39 is 0 Å². The monoisotopic (exact) mass is 256 g/mol. The number of aromatic nitrogens is 1. The van der Waals surface area contributed by atoms with Crippen LogP contribution in [-0.2, 0) is 0 Å². The number of anilines is 1. The molecule has 0 saturated heterocycles. The number of hydrogen-bond acceptors (Lipinski definition) is 3. The van der Waals surface area contributed by atoms with Crippen molar-refractivity contribution in [2.45, 2.75) is 13.8 Å². The molecule has 3 nitrogen and oxygen atoms in total. The lowest BCUT2D eigenvalue weighted by molar-refractivity contribution is 0.613. The van der Waals surface area contributed by atoms with Gasteiger partial charge in [0.25, 0.3) is 0 Å². The quantitative estimate of drug-likeness (QED) is 0.673. The van der Waals surface area contributed by atoms with E-state index in [1.165, 1.54) is 12.1 Å². The van der Waals surface area contributed by atoms with E-state index in [2.05, 4.69) is 4.98 Å². The van der Waals surface area contributed by atoms with Crippen molar-refractivity contribution in [3.05, 3.63) is 47.3 Å². The molecule has 0 bridgehead atoms. The van der Waals surface area contributed by atoms with Crippen LogP contribution >= 0.6 is 0 Å². The molecule has 0 aliphatic heterocycles. The van der Waals surface area contributed by atoms with Gasteiger partial charge in [-0.05, 0) is 49.2 Å². The average molecular weight is 256 g/mol. The second kappa shape index (κ2) is 4.09. The molecule has 0 spiro atoms. The molecule has 1 heterocycles. The third kappa shape index (κ3) is 1.95. The van der Waals surface area contributed by atoms with Gasteiger partial charge >= 0.3 is 0 Å². The molecule has 19 heavy (non-hydrogen) atoms. The van der Waals surface area contributed by atoms with Gasteiger partial charge in [-0.15, -0.1) is 0 Å². The van der Waals surface area contributed by atoms with Crippen LogP contribution in [0, 0.1) is 19.7 Å². The van der Waals surface area contributed by atoms with Crippen LogP contribution in [0.25, 0.3) is 22.6 Å². The van der Waals surface area contributed by atoms with Gasteiger partial charge in [-0.1, -0.05) is 0 Å². The first-order valence-electron chi connectivity index (χ1n) is 5.98. The minimum Gasteiger partial charge on any atom is -0.436 e. The Bertz CT molecular complexity index is 777. The molecule has 0 atom stereocenters. The van der Waals surface area contributed by atoms with Crippen molar-refractivity contribution in [2.24, 2.45) is 0 Å². The lowest BCUT2D eigenvalue weighted by Gasteiger charge is -2.06. The van der Waals surface area contributed by atoms with Gasteiger partial charge in [0.15, 0.2) is 5.58 Å². The van der Waals surface area contributed by atoms with Crippen molar-refractivity contribution in [3.8, 4) is 11.5 Å². The third-order valence-corrected chi connectivity index (χ3v) is 3.27. The van der Waals surface area contributed by atoms with E-state index in [0.29, 0.717) is 22.7 Å². The molecule has 0 saturated carbocycles. The molecule has 0 aliphatic carbocycles. The summed E-state index contributed by atoms with van der Waals surface area (Å²) in [5, 5.41) is 0. The van der Waals surface area contributed by atoms with E-state index in [1.807, 2.05) is 26.0 Å². The maximum Gasteiger partial charge on any atom is 0.227 e. The number of fused-ring (bicyclic) bond motifs is 1. The Morgan fingerprint density at radius 1 is 1.16 bits per heavy atom. The van der Waals surface area contributed by atoms with Gasteiger partial charge in [0.05, 0.1) is 0 Å². The number of nitrogens with zero attached hydrogens (tertiary/aromatic N) is 1. The number of nitrogen functional groups attached to an aromatic ring is 1. The highest BCUT2D eigenvalue weighted by Gasteiger charge is 2.13. The van der Waals surface area contributed by atoms with Crippen LogP contribution in [0.4, 0.5) is 10.1 Å². The number of rotatable bonds is 1. The van der Waals surface area contributed by atoms with Gasteiger partial charge in [0, 0.05) is 17.3 Å². The largest absolute Gasteiger partial charge is 0.436 e. The van der Waals surface area contributed by atoms with Crippen LogP contribution in [0.3, 0.4) is 0 Å². The maximum atomic E-state index is 13.2. The molecule has 2 aromatic carbocycles. The zero-order valence-corrected chi connectivity index (χ0v) is 10.7. The summed E-state index contributed by atoms with van der Waals surface area (Å²) in [7, 11) is 0. The Morgan fingerprint density at radius 3 is 2.74 bits per heavy atom. The number of nitrogens with two attached hydrogens (primary N) is 1. The molecular formula is C15H13FN2O. The number of halogens is 1. The van der Waals surface area contributed by atoms with Gasteiger partial charge in [-0.2, -0.15) is 0 Å². The molecule has 0 amide bonds. The Kier molecular flexibility index (Phi) is 2.52. The zero-order valence-electron chi connectivity index (χ0n) is 10.7. The van der Waals surface area contributed by atoms with Crippen LogP contribution in [0.2, 0.25) is 0 Å². The summed E-state index contributed by atoms with van der Waals surface area (Å²) < 4.78 is 18.8. The number of aryl methyl sites for hydroxylation is 1. The Labute approximate surface area is 109 Å². The van der Waals surface area contributed by atoms with Crippen LogP contribution in [-0.4, -0.2) is 4.98 Å². The minimum atomic E-state index is -0.326. The third-order valence-electron chi connectivity index (χ3n) is 3.27. The SMILES string of the molecule is Cc1cc(N)cc(-c2nc3cc(F)ccc3o2)c1C. The fraction of sp³-hybridized carbons (Fsp3) is 0.133. The summed E-state index contributed by atoms with van der Waals surface area (Å²) in [5.74, 6) is 0.140. The summed E-state index contributed by atoms with van der Waals surface area (Å²) >= 11 is 0. The van der Waals surface area contributed by atoms with Crippen LogP contribution in [0.5, 0.6) is 0 Å². The fourth-order valence-electron chi connectivity index (χ4n) is 2.13. The number of benzene rings is 2. The molecule has 2 N–H and O–H groups in total. The molecule has 4 heteroatoms. The van der Waals surface area contributed by atoms with E-state index in [1.54, 1.807) is 6.07 Å². The van der Waals surface area contributed by atoms with Gasteiger partial charge in [0.1, 0.15) is 11.3 Å². The number of oxazole rings is 1. The minimum absolute atomic E-state index is 0.326. The second-order valence-electron chi connectivity index (χ2n) is 4.64. The topological polar surface area (TPSA) is 52.0 Å². The maximum absolute atomic E-state index is 13.2. The second-order valence-corrected chi connectivity index (χ2v) is 4.64. The van der Waals surface area contributed by atoms with Gasteiger partial charge in [-0.3, -0.25) is 0 Å². The first-order chi connectivity index (χ1) is 9.04.